The Bertz CT molecular complexity index is 1060. The van der Waals surface area contributed by atoms with Gasteiger partial charge in [-0.1, -0.05) is 17.7 Å². The second kappa shape index (κ2) is 8.36. The van der Waals surface area contributed by atoms with E-state index in [2.05, 4.69) is 26.3 Å². The van der Waals surface area contributed by atoms with E-state index < -0.39 is 22.5 Å². The van der Waals surface area contributed by atoms with Crippen LogP contribution in [0.1, 0.15) is 11.3 Å². The van der Waals surface area contributed by atoms with E-state index in [1.807, 2.05) is 0 Å². The predicted octanol–water partition coefficient (Wildman–Crippen LogP) is 4.64. The standard InChI is InChI=1S/C17H11BrClFN4O4/c18-12-9-23(8-11-13(19)2-1-3-14(11)20)22-17(12)21-15(25)6-4-10-5-7-16(28-10)24(26)27/h1-7,9H,8H2,(H,21,22,25)/b6-4+. The van der Waals surface area contributed by atoms with Crippen LogP contribution in [0.15, 0.2) is 51.5 Å². The summed E-state index contributed by atoms with van der Waals surface area (Å²) in [4.78, 5) is 21.9. The van der Waals surface area contributed by atoms with Gasteiger partial charge in [0.25, 0.3) is 0 Å². The van der Waals surface area contributed by atoms with Crippen molar-refractivity contribution in [2.75, 3.05) is 5.32 Å². The Kier molecular flexibility index (Phi) is 5.90. The Labute approximate surface area is 170 Å². The first-order valence-corrected chi connectivity index (χ1v) is 8.89. The number of furan rings is 1. The molecule has 0 atom stereocenters. The van der Waals surface area contributed by atoms with Crippen LogP contribution in [0.2, 0.25) is 5.02 Å². The van der Waals surface area contributed by atoms with Gasteiger partial charge in [0, 0.05) is 22.9 Å². The van der Waals surface area contributed by atoms with Crippen molar-refractivity contribution in [2.24, 2.45) is 0 Å². The van der Waals surface area contributed by atoms with Gasteiger partial charge in [0.2, 0.25) is 5.91 Å². The summed E-state index contributed by atoms with van der Waals surface area (Å²) in [6, 6.07) is 6.93. The summed E-state index contributed by atoms with van der Waals surface area (Å²) in [5.74, 6) is -1.05. The van der Waals surface area contributed by atoms with Crippen LogP contribution in [0.4, 0.5) is 16.1 Å². The molecule has 0 aliphatic heterocycles. The average Bonchev–Trinajstić information content (AvgIpc) is 3.24. The molecule has 0 saturated heterocycles. The number of aromatic nitrogens is 2. The number of halogens is 3. The van der Waals surface area contributed by atoms with Crippen LogP contribution in [0.5, 0.6) is 0 Å². The maximum Gasteiger partial charge on any atom is 0.433 e. The van der Waals surface area contributed by atoms with Crippen molar-refractivity contribution in [1.29, 1.82) is 0 Å². The lowest BCUT2D eigenvalue weighted by molar-refractivity contribution is -0.402. The molecule has 1 N–H and O–H groups in total. The predicted molar refractivity (Wildman–Crippen MR) is 103 cm³/mol. The van der Waals surface area contributed by atoms with Crippen LogP contribution in [-0.2, 0) is 11.3 Å². The third kappa shape index (κ3) is 4.65. The number of nitro groups is 1. The Morgan fingerprint density at radius 3 is 2.89 bits per heavy atom. The lowest BCUT2D eigenvalue weighted by Gasteiger charge is -2.05. The van der Waals surface area contributed by atoms with E-state index >= 15 is 0 Å². The summed E-state index contributed by atoms with van der Waals surface area (Å²) in [5.41, 5.74) is 0.274. The molecule has 0 aliphatic rings. The largest absolute Gasteiger partial charge is 0.433 e. The van der Waals surface area contributed by atoms with Crippen molar-refractivity contribution >= 4 is 51.2 Å². The molecule has 28 heavy (non-hydrogen) atoms. The number of hydrogen-bond acceptors (Lipinski definition) is 5. The quantitative estimate of drug-likeness (QED) is 0.322. The molecular weight excluding hydrogens is 459 g/mol. The minimum absolute atomic E-state index is 0.0753. The van der Waals surface area contributed by atoms with Gasteiger partial charge in [0.1, 0.15) is 16.5 Å². The number of rotatable bonds is 6. The van der Waals surface area contributed by atoms with E-state index in [-0.39, 0.29) is 28.7 Å². The van der Waals surface area contributed by atoms with Crippen LogP contribution in [-0.4, -0.2) is 20.6 Å². The Morgan fingerprint density at radius 2 is 2.21 bits per heavy atom. The van der Waals surface area contributed by atoms with Gasteiger partial charge >= 0.3 is 5.88 Å². The van der Waals surface area contributed by atoms with Gasteiger partial charge in [-0.3, -0.25) is 19.6 Å². The van der Waals surface area contributed by atoms with Gasteiger partial charge in [-0.05, 0) is 40.2 Å². The van der Waals surface area contributed by atoms with E-state index in [1.54, 1.807) is 12.3 Å². The Hall–Kier alpha value is -2.98. The number of nitrogens with one attached hydrogen (secondary N) is 1. The number of anilines is 1. The molecule has 2 aromatic heterocycles. The zero-order valence-corrected chi connectivity index (χ0v) is 16.3. The second-order valence-corrected chi connectivity index (χ2v) is 6.74. The molecule has 0 radical (unpaired) electrons. The first kappa shape index (κ1) is 19.8. The van der Waals surface area contributed by atoms with Crippen molar-refractivity contribution in [3.8, 4) is 0 Å². The third-order valence-corrected chi connectivity index (χ3v) is 4.47. The van der Waals surface area contributed by atoms with E-state index in [0.29, 0.717) is 4.47 Å². The molecule has 11 heteroatoms. The van der Waals surface area contributed by atoms with Gasteiger partial charge in [0.05, 0.1) is 17.1 Å². The molecule has 3 rings (SSSR count). The van der Waals surface area contributed by atoms with Gasteiger partial charge < -0.3 is 9.73 Å². The molecule has 3 aromatic rings. The summed E-state index contributed by atoms with van der Waals surface area (Å²) in [5, 5.41) is 17.6. The molecular formula is C17H11BrClFN4O4. The van der Waals surface area contributed by atoms with Crippen LogP contribution in [0, 0.1) is 15.9 Å². The smallest absolute Gasteiger partial charge is 0.401 e. The maximum atomic E-state index is 13.9. The molecule has 0 aliphatic carbocycles. The minimum atomic E-state index is -0.678. The SMILES string of the molecule is O=C(/C=C/c1ccc([N+](=O)[O-])o1)Nc1nn(Cc2c(F)cccc2Cl)cc1Br. The van der Waals surface area contributed by atoms with Crippen LogP contribution in [0.25, 0.3) is 6.08 Å². The van der Waals surface area contributed by atoms with Crippen molar-refractivity contribution in [3.05, 3.63) is 79.4 Å². The monoisotopic (exact) mass is 468 g/mol. The number of carbonyl (C=O) groups excluding carboxylic acids is 1. The summed E-state index contributed by atoms with van der Waals surface area (Å²) < 4.78 is 20.7. The first-order valence-electron chi connectivity index (χ1n) is 7.72. The summed E-state index contributed by atoms with van der Waals surface area (Å²) in [6.45, 7) is 0.0753. The fraction of sp³-hybridized carbons (Fsp3) is 0.0588. The van der Waals surface area contributed by atoms with Crippen molar-refractivity contribution in [3.63, 3.8) is 0 Å². The molecule has 0 saturated carbocycles. The van der Waals surface area contributed by atoms with Crippen LogP contribution in [0.3, 0.4) is 0 Å². The highest BCUT2D eigenvalue weighted by atomic mass is 79.9. The van der Waals surface area contributed by atoms with Gasteiger partial charge in [-0.15, -0.1) is 0 Å². The lowest BCUT2D eigenvalue weighted by atomic mass is 10.2. The fourth-order valence-electron chi connectivity index (χ4n) is 2.25. The Morgan fingerprint density at radius 1 is 1.43 bits per heavy atom. The average molecular weight is 470 g/mol. The number of hydrogen-bond donors (Lipinski definition) is 1. The van der Waals surface area contributed by atoms with Gasteiger partial charge in [0.15, 0.2) is 5.82 Å². The molecule has 2 heterocycles. The lowest BCUT2D eigenvalue weighted by Crippen LogP contribution is -2.10. The number of carbonyl (C=O) groups is 1. The number of benzene rings is 1. The molecule has 8 nitrogen and oxygen atoms in total. The zero-order valence-electron chi connectivity index (χ0n) is 13.9. The molecule has 0 spiro atoms. The summed E-state index contributed by atoms with van der Waals surface area (Å²) >= 11 is 9.28. The van der Waals surface area contributed by atoms with Crippen LogP contribution < -0.4 is 5.32 Å². The molecule has 0 bridgehead atoms. The van der Waals surface area contributed by atoms with Crippen molar-refractivity contribution < 1.29 is 18.5 Å². The minimum Gasteiger partial charge on any atom is -0.401 e. The number of amides is 1. The maximum absolute atomic E-state index is 13.9. The second-order valence-electron chi connectivity index (χ2n) is 5.48. The third-order valence-electron chi connectivity index (χ3n) is 3.53. The Balaban J connectivity index is 1.68. The normalized spacial score (nSPS) is 11.1. The van der Waals surface area contributed by atoms with E-state index in [0.717, 1.165) is 6.08 Å². The van der Waals surface area contributed by atoms with E-state index in [9.17, 15) is 19.3 Å². The van der Waals surface area contributed by atoms with Crippen LogP contribution >= 0.6 is 27.5 Å². The summed E-state index contributed by atoms with van der Waals surface area (Å²) in [6.07, 6.45) is 3.99. The van der Waals surface area contributed by atoms with Gasteiger partial charge in [-0.25, -0.2) is 4.39 Å². The molecule has 144 valence electrons. The first-order chi connectivity index (χ1) is 13.3. The highest BCUT2D eigenvalue weighted by Crippen LogP contribution is 2.24. The number of nitrogens with zero attached hydrogens (tertiary/aromatic N) is 3. The molecule has 1 amide bonds. The molecule has 1 aromatic carbocycles. The fourth-order valence-corrected chi connectivity index (χ4v) is 2.89. The molecule has 0 fully saturated rings. The summed E-state index contributed by atoms with van der Waals surface area (Å²) in [7, 11) is 0. The van der Waals surface area contributed by atoms with E-state index in [1.165, 1.54) is 35.0 Å². The van der Waals surface area contributed by atoms with Crippen molar-refractivity contribution in [1.82, 2.24) is 9.78 Å². The molecule has 0 unspecified atom stereocenters. The topological polar surface area (TPSA) is 103 Å². The van der Waals surface area contributed by atoms with E-state index in [4.69, 9.17) is 16.0 Å². The highest BCUT2D eigenvalue weighted by molar-refractivity contribution is 9.10. The van der Waals surface area contributed by atoms with Gasteiger partial charge in [-0.2, -0.15) is 5.10 Å². The van der Waals surface area contributed by atoms with Crippen molar-refractivity contribution in [2.45, 2.75) is 6.54 Å². The zero-order chi connectivity index (χ0) is 20.3. The highest BCUT2D eigenvalue weighted by Gasteiger charge is 2.13.